The van der Waals surface area contributed by atoms with Gasteiger partial charge in [-0.25, -0.2) is 0 Å². The predicted octanol–water partition coefficient (Wildman–Crippen LogP) is 2.66. The van der Waals surface area contributed by atoms with Crippen LogP contribution in [0.15, 0.2) is 24.3 Å². The second-order valence-corrected chi connectivity index (χ2v) is 5.94. The summed E-state index contributed by atoms with van der Waals surface area (Å²) in [5.74, 6) is 0.319. The number of fused-ring (bicyclic) bond motifs is 1. The van der Waals surface area contributed by atoms with Crippen LogP contribution in [0.2, 0.25) is 0 Å². The molecule has 3 nitrogen and oxygen atoms in total. The number of hydrogen-bond donors (Lipinski definition) is 1. The molecule has 0 aromatic heterocycles. The first-order chi connectivity index (χ1) is 9.81. The zero-order valence-corrected chi connectivity index (χ0v) is 12.3. The summed E-state index contributed by atoms with van der Waals surface area (Å²) in [5, 5.41) is 3.39. The lowest BCUT2D eigenvalue weighted by Gasteiger charge is -2.34. The maximum absolute atomic E-state index is 13.0. The van der Waals surface area contributed by atoms with Crippen molar-refractivity contribution in [2.24, 2.45) is 0 Å². The fraction of sp³-hybridized carbons (Fsp3) is 0.588. The molecule has 0 radical (unpaired) electrons. The van der Waals surface area contributed by atoms with Crippen LogP contribution in [0, 0.1) is 0 Å². The van der Waals surface area contributed by atoms with Gasteiger partial charge < -0.3 is 10.2 Å². The van der Waals surface area contributed by atoms with E-state index in [0.717, 1.165) is 19.6 Å². The maximum Gasteiger partial charge on any atom is 0.231 e. The number of benzene rings is 1. The number of amides is 1. The third-order valence-electron chi connectivity index (χ3n) is 4.78. The van der Waals surface area contributed by atoms with Crippen molar-refractivity contribution >= 4 is 5.91 Å². The normalized spacial score (nSPS) is 22.6. The molecule has 1 atom stereocenters. The third kappa shape index (κ3) is 2.47. The molecule has 3 rings (SSSR count). The number of likely N-dealkylation sites (N-methyl/N-ethyl adjacent to an activating group) is 1. The molecule has 0 bridgehead atoms. The zero-order chi connectivity index (χ0) is 13.9. The Morgan fingerprint density at radius 3 is 2.80 bits per heavy atom. The van der Waals surface area contributed by atoms with Gasteiger partial charge in [0, 0.05) is 25.7 Å². The molecule has 20 heavy (non-hydrogen) atoms. The molecule has 2 aliphatic rings. The highest BCUT2D eigenvalue weighted by Gasteiger charge is 2.33. The van der Waals surface area contributed by atoms with Crippen molar-refractivity contribution in [3.63, 3.8) is 0 Å². The van der Waals surface area contributed by atoms with E-state index >= 15 is 0 Å². The van der Waals surface area contributed by atoms with E-state index in [1.807, 2.05) is 0 Å². The largest absolute Gasteiger partial charge is 0.339 e. The van der Waals surface area contributed by atoms with Crippen molar-refractivity contribution in [1.29, 1.82) is 0 Å². The number of hydrogen-bond acceptors (Lipinski definition) is 2. The van der Waals surface area contributed by atoms with Crippen molar-refractivity contribution in [1.82, 2.24) is 10.2 Å². The van der Waals surface area contributed by atoms with Gasteiger partial charge in [-0.15, -0.1) is 0 Å². The smallest absolute Gasteiger partial charge is 0.231 e. The average molecular weight is 272 g/mol. The van der Waals surface area contributed by atoms with Crippen LogP contribution < -0.4 is 5.32 Å². The van der Waals surface area contributed by atoms with Crippen molar-refractivity contribution in [3.05, 3.63) is 35.4 Å². The molecule has 1 fully saturated rings. The van der Waals surface area contributed by atoms with E-state index in [-0.39, 0.29) is 5.92 Å². The van der Waals surface area contributed by atoms with Gasteiger partial charge in [-0.2, -0.15) is 0 Å². The standard InChI is InChI=1S/C17H24N2O/c1-2-19(14-8-4-5-9-14)17(20)16-12-18-11-13-7-3-6-10-15(13)16/h3,6-7,10,14,16,18H,2,4-5,8-9,11-12H2,1H3. The number of carbonyl (C=O) groups excluding carboxylic acids is 1. The molecular weight excluding hydrogens is 248 g/mol. The van der Waals surface area contributed by atoms with E-state index in [1.165, 1.54) is 36.8 Å². The summed E-state index contributed by atoms with van der Waals surface area (Å²) in [6.45, 7) is 4.61. The number of carbonyl (C=O) groups is 1. The second kappa shape index (κ2) is 5.96. The van der Waals surface area contributed by atoms with E-state index in [2.05, 4.69) is 41.4 Å². The Balaban J connectivity index is 1.83. The molecule has 1 aliphatic carbocycles. The van der Waals surface area contributed by atoms with Gasteiger partial charge in [-0.1, -0.05) is 37.1 Å². The average Bonchev–Trinajstić information content (AvgIpc) is 3.01. The van der Waals surface area contributed by atoms with Crippen molar-refractivity contribution in [2.45, 2.75) is 51.1 Å². The summed E-state index contributed by atoms with van der Waals surface area (Å²) in [6, 6.07) is 8.84. The van der Waals surface area contributed by atoms with Gasteiger partial charge >= 0.3 is 0 Å². The van der Waals surface area contributed by atoms with Crippen LogP contribution in [0.4, 0.5) is 0 Å². The monoisotopic (exact) mass is 272 g/mol. The highest BCUT2D eigenvalue weighted by Crippen LogP contribution is 2.29. The SMILES string of the molecule is CCN(C(=O)C1CNCc2ccccc21)C1CCCC1. The van der Waals surface area contributed by atoms with Gasteiger partial charge in [0.05, 0.1) is 5.92 Å². The Kier molecular flexibility index (Phi) is 4.06. The van der Waals surface area contributed by atoms with Crippen molar-refractivity contribution in [2.75, 3.05) is 13.1 Å². The molecular formula is C17H24N2O. The Bertz CT molecular complexity index is 480. The number of nitrogens with zero attached hydrogens (tertiary/aromatic N) is 1. The molecule has 108 valence electrons. The zero-order valence-electron chi connectivity index (χ0n) is 12.3. The summed E-state index contributed by atoms with van der Waals surface area (Å²) in [4.78, 5) is 15.1. The van der Waals surface area contributed by atoms with Crippen LogP contribution in [0.3, 0.4) is 0 Å². The second-order valence-electron chi connectivity index (χ2n) is 5.94. The molecule has 0 saturated heterocycles. The first-order valence-electron chi connectivity index (χ1n) is 7.90. The Morgan fingerprint density at radius 2 is 2.05 bits per heavy atom. The number of rotatable bonds is 3. The molecule has 1 aromatic carbocycles. The van der Waals surface area contributed by atoms with Gasteiger partial charge in [-0.3, -0.25) is 4.79 Å². The summed E-state index contributed by atoms with van der Waals surface area (Å²) >= 11 is 0. The van der Waals surface area contributed by atoms with Crippen LogP contribution in [0.25, 0.3) is 0 Å². The van der Waals surface area contributed by atoms with Gasteiger partial charge in [0.2, 0.25) is 5.91 Å². The molecule has 1 saturated carbocycles. The quantitative estimate of drug-likeness (QED) is 0.917. The summed E-state index contributed by atoms with van der Waals surface area (Å²) in [7, 11) is 0. The lowest BCUT2D eigenvalue weighted by Crippen LogP contribution is -2.45. The lowest BCUT2D eigenvalue weighted by molar-refractivity contribution is -0.134. The van der Waals surface area contributed by atoms with Crippen molar-refractivity contribution < 1.29 is 4.79 Å². The van der Waals surface area contributed by atoms with Crippen molar-refractivity contribution in [3.8, 4) is 0 Å². The Hall–Kier alpha value is -1.35. The minimum atomic E-state index is 0.000463. The minimum Gasteiger partial charge on any atom is -0.339 e. The van der Waals surface area contributed by atoms with Crippen LogP contribution in [0.1, 0.15) is 49.7 Å². The lowest BCUT2D eigenvalue weighted by atomic mass is 9.89. The highest BCUT2D eigenvalue weighted by atomic mass is 16.2. The van der Waals surface area contributed by atoms with Gasteiger partial charge in [0.15, 0.2) is 0 Å². The van der Waals surface area contributed by atoms with Gasteiger partial charge in [0.25, 0.3) is 0 Å². The Morgan fingerprint density at radius 1 is 1.30 bits per heavy atom. The highest BCUT2D eigenvalue weighted by molar-refractivity contribution is 5.85. The van der Waals surface area contributed by atoms with E-state index in [4.69, 9.17) is 0 Å². The van der Waals surface area contributed by atoms with Crippen LogP contribution in [-0.4, -0.2) is 29.9 Å². The number of nitrogens with one attached hydrogen (secondary N) is 1. The topological polar surface area (TPSA) is 32.3 Å². The first-order valence-corrected chi connectivity index (χ1v) is 7.90. The fourth-order valence-electron chi connectivity index (χ4n) is 3.73. The molecule has 1 aliphatic heterocycles. The van der Waals surface area contributed by atoms with E-state index in [9.17, 15) is 4.79 Å². The summed E-state index contributed by atoms with van der Waals surface area (Å²) in [6.07, 6.45) is 4.91. The fourth-order valence-corrected chi connectivity index (χ4v) is 3.73. The van der Waals surface area contributed by atoms with Gasteiger partial charge in [-0.05, 0) is 30.9 Å². The molecule has 0 spiro atoms. The third-order valence-corrected chi connectivity index (χ3v) is 4.78. The maximum atomic E-state index is 13.0. The summed E-state index contributed by atoms with van der Waals surface area (Å²) < 4.78 is 0. The van der Waals surface area contributed by atoms with Crippen LogP contribution >= 0.6 is 0 Å². The van der Waals surface area contributed by atoms with Crippen LogP contribution in [-0.2, 0) is 11.3 Å². The first kappa shape index (κ1) is 13.6. The predicted molar refractivity (Wildman–Crippen MR) is 80.5 cm³/mol. The molecule has 1 aromatic rings. The molecule has 3 heteroatoms. The Labute approximate surface area is 121 Å². The molecule has 1 N–H and O–H groups in total. The van der Waals surface area contributed by atoms with E-state index in [1.54, 1.807) is 0 Å². The molecule has 1 amide bonds. The van der Waals surface area contributed by atoms with Crippen LogP contribution in [0.5, 0.6) is 0 Å². The van der Waals surface area contributed by atoms with E-state index in [0.29, 0.717) is 11.9 Å². The minimum absolute atomic E-state index is 0.000463. The van der Waals surface area contributed by atoms with Gasteiger partial charge in [0.1, 0.15) is 0 Å². The molecule has 1 unspecified atom stereocenters. The van der Waals surface area contributed by atoms with E-state index < -0.39 is 0 Å². The summed E-state index contributed by atoms with van der Waals surface area (Å²) in [5.41, 5.74) is 2.51. The molecule has 1 heterocycles.